The van der Waals surface area contributed by atoms with Crippen LogP contribution in [0.4, 0.5) is 5.69 Å². The third-order valence-electron chi connectivity index (χ3n) is 5.96. The van der Waals surface area contributed by atoms with Gasteiger partial charge in [0.2, 0.25) is 21.8 Å². The quantitative estimate of drug-likeness (QED) is 0.412. The van der Waals surface area contributed by atoms with Crippen molar-refractivity contribution >= 4 is 39.1 Å². The number of halogens is 1. The highest BCUT2D eigenvalue weighted by molar-refractivity contribution is 7.92. The van der Waals surface area contributed by atoms with Crippen molar-refractivity contribution in [1.29, 1.82) is 0 Å². The number of nitrogens with one attached hydrogen (secondary N) is 1. The summed E-state index contributed by atoms with van der Waals surface area (Å²) < 4.78 is 31.4. The molecule has 2 amide bonds. The Morgan fingerprint density at radius 3 is 2.42 bits per heavy atom. The number of rotatable bonds is 13. The van der Waals surface area contributed by atoms with Crippen molar-refractivity contribution in [3.63, 3.8) is 0 Å². The lowest BCUT2D eigenvalue weighted by Gasteiger charge is -2.30. The number of anilines is 1. The van der Waals surface area contributed by atoms with Crippen LogP contribution in [0.15, 0.2) is 48.5 Å². The lowest BCUT2D eigenvalue weighted by molar-refractivity contribution is -0.140. The van der Waals surface area contributed by atoms with Crippen molar-refractivity contribution in [1.82, 2.24) is 10.2 Å². The first-order valence-electron chi connectivity index (χ1n) is 11.9. The van der Waals surface area contributed by atoms with Gasteiger partial charge in [-0.15, -0.1) is 0 Å². The van der Waals surface area contributed by atoms with Crippen LogP contribution in [0.25, 0.3) is 0 Å². The molecule has 0 bridgehead atoms. The van der Waals surface area contributed by atoms with Gasteiger partial charge in [-0.3, -0.25) is 13.9 Å². The van der Waals surface area contributed by atoms with Gasteiger partial charge in [0.1, 0.15) is 11.8 Å². The van der Waals surface area contributed by atoms with E-state index in [-0.39, 0.29) is 43.8 Å². The number of benzene rings is 2. The largest absolute Gasteiger partial charge is 0.497 e. The van der Waals surface area contributed by atoms with E-state index in [1.807, 2.05) is 26.0 Å². The van der Waals surface area contributed by atoms with Gasteiger partial charge in [-0.05, 0) is 50.5 Å². The molecule has 0 saturated carbocycles. The van der Waals surface area contributed by atoms with Crippen molar-refractivity contribution < 1.29 is 22.7 Å². The van der Waals surface area contributed by atoms with Crippen molar-refractivity contribution in [3.05, 3.63) is 59.1 Å². The van der Waals surface area contributed by atoms with Gasteiger partial charge < -0.3 is 15.0 Å². The van der Waals surface area contributed by atoms with Gasteiger partial charge >= 0.3 is 0 Å². The normalized spacial score (nSPS) is 12.9. The van der Waals surface area contributed by atoms with Crippen LogP contribution in [0.2, 0.25) is 5.02 Å². The van der Waals surface area contributed by atoms with E-state index >= 15 is 0 Å². The van der Waals surface area contributed by atoms with E-state index < -0.39 is 16.1 Å². The average molecular weight is 538 g/mol. The van der Waals surface area contributed by atoms with Gasteiger partial charge in [0.25, 0.3) is 0 Å². The standard InChI is InChI=1S/C26H36ClN3O5S/c1-6-19(2)28-26(32)20(3)29(18-21-11-7-8-14-24(21)27)25(31)15-10-16-30(36(5,33)34)22-12-9-13-23(17-22)35-4/h7-9,11-14,17,19-20H,6,10,15-16,18H2,1-5H3,(H,28,32)/t19-,20-/m0/s1. The molecule has 0 unspecified atom stereocenters. The van der Waals surface area contributed by atoms with Crippen LogP contribution < -0.4 is 14.4 Å². The molecule has 0 heterocycles. The molecule has 10 heteroatoms. The van der Waals surface area contributed by atoms with E-state index in [1.165, 1.54) is 16.3 Å². The second-order valence-corrected chi connectivity index (χ2v) is 11.1. The molecule has 0 radical (unpaired) electrons. The predicted molar refractivity (Wildman–Crippen MR) is 144 cm³/mol. The van der Waals surface area contributed by atoms with Gasteiger partial charge in [0, 0.05) is 36.6 Å². The van der Waals surface area contributed by atoms with Crippen LogP contribution in [-0.4, -0.2) is 57.1 Å². The maximum Gasteiger partial charge on any atom is 0.242 e. The Labute approximate surface area is 219 Å². The Bertz CT molecular complexity index is 1140. The summed E-state index contributed by atoms with van der Waals surface area (Å²) in [6.07, 6.45) is 2.21. The van der Waals surface area contributed by atoms with Crippen LogP contribution in [0, 0.1) is 0 Å². The zero-order chi connectivity index (χ0) is 26.9. The van der Waals surface area contributed by atoms with Gasteiger partial charge in [0.05, 0.1) is 19.1 Å². The number of amides is 2. The molecule has 0 aliphatic carbocycles. The molecule has 36 heavy (non-hydrogen) atoms. The molecule has 2 rings (SSSR count). The number of hydrogen-bond donors (Lipinski definition) is 1. The number of nitrogens with zero attached hydrogens (tertiary/aromatic N) is 2. The Morgan fingerprint density at radius 1 is 1.11 bits per heavy atom. The summed E-state index contributed by atoms with van der Waals surface area (Å²) in [6.45, 7) is 5.83. The minimum absolute atomic E-state index is 0.0246. The maximum absolute atomic E-state index is 13.3. The molecule has 2 aromatic rings. The molecule has 2 aromatic carbocycles. The highest BCUT2D eigenvalue weighted by atomic mass is 35.5. The highest BCUT2D eigenvalue weighted by Gasteiger charge is 2.27. The smallest absolute Gasteiger partial charge is 0.242 e. The average Bonchev–Trinajstić information content (AvgIpc) is 2.84. The molecule has 198 valence electrons. The molecule has 0 saturated heterocycles. The van der Waals surface area contributed by atoms with E-state index in [0.717, 1.165) is 18.2 Å². The number of carbonyl (C=O) groups excluding carboxylic acids is 2. The summed E-state index contributed by atoms with van der Waals surface area (Å²) in [5.74, 6) is 0.0176. The minimum atomic E-state index is -3.59. The number of ether oxygens (including phenoxy) is 1. The number of carbonyl (C=O) groups is 2. The summed E-state index contributed by atoms with van der Waals surface area (Å²) in [5, 5.41) is 3.43. The van der Waals surface area contributed by atoms with Gasteiger partial charge in [-0.1, -0.05) is 42.8 Å². The molecule has 0 aliphatic rings. The van der Waals surface area contributed by atoms with Crippen molar-refractivity contribution in [3.8, 4) is 5.75 Å². The fourth-order valence-electron chi connectivity index (χ4n) is 3.63. The van der Waals surface area contributed by atoms with Crippen molar-refractivity contribution in [2.45, 2.75) is 58.7 Å². The Morgan fingerprint density at radius 2 is 1.81 bits per heavy atom. The number of methoxy groups -OCH3 is 1. The zero-order valence-corrected chi connectivity index (χ0v) is 23.1. The second kappa shape index (κ2) is 13.5. The second-order valence-electron chi connectivity index (χ2n) is 8.75. The van der Waals surface area contributed by atoms with E-state index in [4.69, 9.17) is 16.3 Å². The Kier molecular flexibility index (Phi) is 11.0. The predicted octanol–water partition coefficient (Wildman–Crippen LogP) is 4.23. The molecular formula is C26H36ClN3O5S. The fourth-order valence-corrected chi connectivity index (χ4v) is 4.78. The molecule has 0 fully saturated rings. The molecule has 0 spiro atoms. The lowest BCUT2D eigenvalue weighted by Crippen LogP contribution is -2.49. The Balaban J connectivity index is 2.19. The SMILES string of the molecule is CC[C@H](C)NC(=O)[C@H](C)N(Cc1ccccc1Cl)C(=O)CCCN(c1cccc(OC)c1)S(C)(=O)=O. The van der Waals surface area contributed by atoms with E-state index in [1.54, 1.807) is 43.3 Å². The summed E-state index contributed by atoms with van der Waals surface area (Å²) >= 11 is 6.33. The van der Waals surface area contributed by atoms with Crippen molar-refractivity contribution in [2.75, 3.05) is 24.2 Å². The molecule has 2 atom stereocenters. The van der Waals surface area contributed by atoms with E-state index in [2.05, 4.69) is 5.32 Å². The molecule has 0 aliphatic heterocycles. The molecule has 8 nitrogen and oxygen atoms in total. The maximum atomic E-state index is 13.3. The van der Waals surface area contributed by atoms with Crippen LogP contribution >= 0.6 is 11.6 Å². The third kappa shape index (κ3) is 8.41. The van der Waals surface area contributed by atoms with E-state index in [0.29, 0.717) is 16.5 Å². The summed E-state index contributed by atoms with van der Waals surface area (Å²) in [6, 6.07) is 13.2. The summed E-state index contributed by atoms with van der Waals surface area (Å²) in [5.41, 5.74) is 1.18. The summed E-state index contributed by atoms with van der Waals surface area (Å²) in [4.78, 5) is 27.7. The van der Waals surface area contributed by atoms with Gasteiger partial charge in [-0.2, -0.15) is 0 Å². The lowest BCUT2D eigenvalue weighted by atomic mass is 10.1. The fraction of sp³-hybridized carbons (Fsp3) is 0.462. The topological polar surface area (TPSA) is 96.0 Å². The molecule has 1 N–H and O–H groups in total. The number of sulfonamides is 1. The van der Waals surface area contributed by atoms with Crippen LogP contribution in [0.5, 0.6) is 5.75 Å². The molecule has 0 aromatic heterocycles. The first-order valence-corrected chi connectivity index (χ1v) is 14.2. The molecular weight excluding hydrogens is 502 g/mol. The van der Waals surface area contributed by atoms with E-state index in [9.17, 15) is 18.0 Å². The first-order chi connectivity index (χ1) is 17.0. The number of hydrogen-bond acceptors (Lipinski definition) is 5. The zero-order valence-electron chi connectivity index (χ0n) is 21.5. The van der Waals surface area contributed by atoms with Crippen LogP contribution in [0.3, 0.4) is 0 Å². The summed E-state index contributed by atoms with van der Waals surface area (Å²) in [7, 11) is -2.08. The first kappa shape index (κ1) is 29.5. The highest BCUT2D eigenvalue weighted by Crippen LogP contribution is 2.24. The Hall–Kier alpha value is -2.78. The van der Waals surface area contributed by atoms with Crippen LogP contribution in [0.1, 0.15) is 45.6 Å². The van der Waals surface area contributed by atoms with Gasteiger partial charge in [-0.25, -0.2) is 8.42 Å². The van der Waals surface area contributed by atoms with Crippen molar-refractivity contribution in [2.24, 2.45) is 0 Å². The van der Waals surface area contributed by atoms with Crippen LogP contribution in [-0.2, 0) is 26.2 Å². The third-order valence-corrected chi connectivity index (χ3v) is 7.52. The monoisotopic (exact) mass is 537 g/mol. The van der Waals surface area contributed by atoms with Gasteiger partial charge in [0.15, 0.2) is 0 Å². The minimum Gasteiger partial charge on any atom is -0.497 e.